The van der Waals surface area contributed by atoms with Crippen LogP contribution in [0.3, 0.4) is 0 Å². The lowest BCUT2D eigenvalue weighted by Crippen LogP contribution is -2.61. The number of aliphatic hydroxyl groups is 5. The summed E-state index contributed by atoms with van der Waals surface area (Å²) in [5, 5.41) is 55.2. The Kier molecular flexibility index (Phi) is 33.0. The van der Waals surface area contributed by atoms with Gasteiger partial charge < -0.3 is 40.3 Å². The van der Waals surface area contributed by atoms with Crippen LogP contribution in [0.4, 0.5) is 0 Å². The summed E-state index contributed by atoms with van der Waals surface area (Å²) in [6.07, 6.45) is 23.0. The average Bonchev–Trinajstić information content (AvgIpc) is 3.18. The number of carbonyl (C=O) groups excluding carboxylic acids is 1. The number of aliphatic hydroxyl groups excluding tert-OH is 5. The first-order chi connectivity index (χ1) is 27.4. The summed E-state index contributed by atoms with van der Waals surface area (Å²) in [5.74, 6) is -0.668. The Bertz CT molecular complexity index is 1050. The number of hydrogen-bond acceptors (Lipinski definition) is 11. The molecule has 0 bridgehead atoms. The van der Waals surface area contributed by atoms with E-state index in [1.54, 1.807) is 0 Å². The average molecular weight is 840 g/mol. The molecule has 8 unspecified atom stereocenters. The lowest BCUT2D eigenvalue weighted by molar-refractivity contribution is -0.298. The zero-order chi connectivity index (χ0) is 42.2. The third-order valence-corrected chi connectivity index (χ3v) is 11.7. The number of rotatable bonds is 39. The van der Waals surface area contributed by atoms with Gasteiger partial charge in [0, 0.05) is 0 Å². The van der Waals surface area contributed by atoms with Gasteiger partial charge in [-0.15, -0.1) is 0 Å². The molecule has 1 fully saturated rings. The second-order valence-corrected chi connectivity index (χ2v) is 17.5. The molecule has 1 amide bonds. The Labute approximate surface area is 346 Å². The monoisotopic (exact) mass is 840 g/mol. The van der Waals surface area contributed by atoms with Crippen LogP contribution >= 0.6 is 0 Å². The van der Waals surface area contributed by atoms with Gasteiger partial charge in [-0.25, -0.2) is 4.18 Å². The van der Waals surface area contributed by atoms with E-state index in [9.17, 15) is 38.7 Å². The molecule has 0 saturated carbocycles. The molecule has 340 valence electrons. The highest BCUT2D eigenvalue weighted by molar-refractivity contribution is 7.80. The molecule has 13 nitrogen and oxygen atoms in total. The number of nitrogens with one attached hydrogen (secondary N) is 1. The number of amides is 1. The van der Waals surface area contributed by atoms with Crippen LogP contribution in [-0.2, 0) is 28.9 Å². The van der Waals surface area contributed by atoms with Crippen molar-refractivity contribution < 1.29 is 57.0 Å². The zero-order valence-electron chi connectivity index (χ0n) is 35.8. The summed E-state index contributed by atoms with van der Waals surface area (Å²) in [5.41, 5.74) is 0. The number of ether oxygens (including phenoxy) is 2. The molecule has 1 saturated heterocycles. The van der Waals surface area contributed by atoms with Crippen molar-refractivity contribution in [3.8, 4) is 0 Å². The molecular formula is C43H85NO12S. The Morgan fingerprint density at radius 1 is 0.632 bits per heavy atom. The summed E-state index contributed by atoms with van der Waals surface area (Å²) < 4.78 is 47.5. The first kappa shape index (κ1) is 54.1. The third kappa shape index (κ3) is 27.5. The van der Waals surface area contributed by atoms with Gasteiger partial charge in [-0.3, -0.25) is 9.35 Å². The molecule has 7 N–H and O–H groups in total. The fourth-order valence-electron chi connectivity index (χ4n) is 7.58. The van der Waals surface area contributed by atoms with E-state index in [-0.39, 0.29) is 6.42 Å². The Hall–Kier alpha value is -0.940. The molecule has 1 rings (SSSR count). The van der Waals surface area contributed by atoms with Crippen LogP contribution in [-0.4, -0.2) is 107 Å². The molecule has 1 aliphatic rings. The maximum absolute atomic E-state index is 13.1. The van der Waals surface area contributed by atoms with E-state index >= 15 is 0 Å². The molecule has 8 atom stereocenters. The maximum Gasteiger partial charge on any atom is 0.397 e. The van der Waals surface area contributed by atoms with Gasteiger partial charge in [-0.05, 0) is 12.8 Å². The van der Waals surface area contributed by atoms with Gasteiger partial charge in [0.25, 0.3) is 0 Å². The van der Waals surface area contributed by atoms with Gasteiger partial charge in [0.2, 0.25) is 5.91 Å². The Balaban J connectivity index is 2.50. The van der Waals surface area contributed by atoms with Crippen molar-refractivity contribution in [1.29, 1.82) is 0 Å². The summed E-state index contributed by atoms with van der Waals surface area (Å²) in [4.78, 5) is 13.1. The van der Waals surface area contributed by atoms with Crippen LogP contribution < -0.4 is 5.32 Å². The Morgan fingerprint density at radius 3 is 1.40 bits per heavy atom. The first-order valence-corrected chi connectivity index (χ1v) is 24.4. The fraction of sp³-hybridized carbons (Fsp3) is 0.977. The first-order valence-electron chi connectivity index (χ1n) is 23.0. The zero-order valence-corrected chi connectivity index (χ0v) is 36.6. The van der Waals surface area contributed by atoms with E-state index in [1.165, 1.54) is 128 Å². The van der Waals surface area contributed by atoms with E-state index < -0.39 is 78.5 Å². The molecule has 57 heavy (non-hydrogen) atoms. The van der Waals surface area contributed by atoms with Crippen molar-refractivity contribution in [3.63, 3.8) is 0 Å². The molecule has 14 heteroatoms. The smallest absolute Gasteiger partial charge is 0.394 e. The number of unbranched alkanes of at least 4 members (excludes halogenated alkanes) is 26. The highest BCUT2D eigenvalue weighted by Gasteiger charge is 2.48. The SMILES string of the molecule is CCCCCCCCCCCCCCCCCCCCC(O)C(=O)NC(COC1OC(CO)C(O)C(OS(=O)(=O)O)C1O)C(O)CCCCCCCCCCCC. The van der Waals surface area contributed by atoms with Crippen molar-refractivity contribution in [2.24, 2.45) is 0 Å². The fourth-order valence-corrected chi connectivity index (χ4v) is 8.09. The summed E-state index contributed by atoms with van der Waals surface area (Å²) in [6.45, 7) is 3.26. The van der Waals surface area contributed by atoms with E-state index in [2.05, 4.69) is 23.3 Å². The molecular weight excluding hydrogens is 755 g/mol. The third-order valence-electron chi connectivity index (χ3n) is 11.3. The molecule has 0 aromatic rings. The van der Waals surface area contributed by atoms with E-state index in [1.807, 2.05) is 0 Å². The second kappa shape index (κ2) is 34.7. The van der Waals surface area contributed by atoms with Crippen molar-refractivity contribution in [1.82, 2.24) is 5.32 Å². The largest absolute Gasteiger partial charge is 0.397 e. The second-order valence-electron chi connectivity index (χ2n) is 16.5. The maximum atomic E-state index is 13.1. The normalized spacial score (nSPS) is 21.7. The number of hydrogen-bond donors (Lipinski definition) is 7. The van der Waals surface area contributed by atoms with Gasteiger partial charge in [0.1, 0.15) is 30.5 Å². The standard InChI is InChI=1S/C43H85NO12S/c1-3-5-7-9-11-13-15-16-17-18-19-20-21-22-24-26-28-30-32-37(47)42(50)44-35(36(46)31-29-27-25-23-14-12-10-8-6-4-2)34-54-43-40(49)41(56-57(51,52)53)39(48)38(33-45)55-43/h35-41,43,45-49H,3-34H2,1-2H3,(H,44,50)(H,51,52,53). The Morgan fingerprint density at radius 2 is 1.02 bits per heavy atom. The lowest BCUT2D eigenvalue weighted by Gasteiger charge is -2.41. The molecule has 0 spiro atoms. The van der Waals surface area contributed by atoms with Gasteiger partial charge >= 0.3 is 10.4 Å². The molecule has 1 heterocycles. The molecule has 0 aromatic carbocycles. The van der Waals surface area contributed by atoms with Gasteiger partial charge in [-0.1, -0.05) is 194 Å². The lowest BCUT2D eigenvalue weighted by atomic mass is 9.99. The minimum Gasteiger partial charge on any atom is -0.394 e. The molecule has 1 aliphatic heterocycles. The predicted octanol–water partition coefficient (Wildman–Crippen LogP) is 7.58. The van der Waals surface area contributed by atoms with E-state index in [0.717, 1.165) is 38.5 Å². The van der Waals surface area contributed by atoms with Gasteiger partial charge in [0.15, 0.2) is 6.29 Å². The van der Waals surface area contributed by atoms with Crippen molar-refractivity contribution >= 4 is 16.3 Å². The van der Waals surface area contributed by atoms with Crippen molar-refractivity contribution in [3.05, 3.63) is 0 Å². The number of carbonyl (C=O) groups is 1. The van der Waals surface area contributed by atoms with Gasteiger partial charge in [-0.2, -0.15) is 8.42 Å². The topological polar surface area (TPSA) is 212 Å². The summed E-state index contributed by atoms with van der Waals surface area (Å²) in [6, 6.07) is -1.03. The van der Waals surface area contributed by atoms with Crippen LogP contribution in [0.2, 0.25) is 0 Å². The molecule has 0 aliphatic carbocycles. The molecule has 0 aromatic heterocycles. The summed E-state index contributed by atoms with van der Waals surface area (Å²) in [7, 11) is -5.10. The van der Waals surface area contributed by atoms with Crippen molar-refractivity contribution in [2.45, 2.75) is 255 Å². The minimum absolute atomic E-state index is 0.266. The van der Waals surface area contributed by atoms with Crippen LogP contribution in [0.1, 0.15) is 206 Å². The van der Waals surface area contributed by atoms with E-state index in [0.29, 0.717) is 19.3 Å². The van der Waals surface area contributed by atoms with Crippen molar-refractivity contribution in [2.75, 3.05) is 13.2 Å². The van der Waals surface area contributed by atoms with Crippen LogP contribution in [0.15, 0.2) is 0 Å². The van der Waals surface area contributed by atoms with Crippen LogP contribution in [0.5, 0.6) is 0 Å². The highest BCUT2D eigenvalue weighted by atomic mass is 32.3. The van der Waals surface area contributed by atoms with Gasteiger partial charge in [0.05, 0.1) is 25.4 Å². The quantitative estimate of drug-likeness (QED) is 0.0236. The minimum atomic E-state index is -5.10. The molecule has 0 radical (unpaired) electrons. The van der Waals surface area contributed by atoms with Crippen LogP contribution in [0.25, 0.3) is 0 Å². The summed E-state index contributed by atoms with van der Waals surface area (Å²) >= 11 is 0. The van der Waals surface area contributed by atoms with Crippen LogP contribution in [0, 0.1) is 0 Å². The highest BCUT2D eigenvalue weighted by Crippen LogP contribution is 2.26. The predicted molar refractivity (Wildman–Crippen MR) is 224 cm³/mol. The van der Waals surface area contributed by atoms with E-state index in [4.69, 9.17) is 14.0 Å².